The lowest BCUT2D eigenvalue weighted by Gasteiger charge is -2.19. The van der Waals surface area contributed by atoms with Gasteiger partial charge in [0.25, 0.3) is 0 Å². The lowest BCUT2D eigenvalue weighted by Crippen LogP contribution is -2.21. The number of hydrogen-bond donors (Lipinski definition) is 1. The van der Waals surface area contributed by atoms with E-state index in [0.29, 0.717) is 5.92 Å². The number of nitrogens with zero attached hydrogens (tertiary/aromatic N) is 3. The smallest absolute Gasteiger partial charge is 0.133 e. The van der Waals surface area contributed by atoms with Gasteiger partial charge in [-0.3, -0.25) is 0 Å². The van der Waals surface area contributed by atoms with Crippen LogP contribution in [0.4, 0.5) is 5.82 Å². The number of aliphatic hydroxyl groups excluding tert-OH is 1. The zero-order chi connectivity index (χ0) is 13.5. The van der Waals surface area contributed by atoms with E-state index in [9.17, 15) is 0 Å². The summed E-state index contributed by atoms with van der Waals surface area (Å²) in [5, 5.41) is 8.75. The topological polar surface area (TPSA) is 49.2 Å². The van der Waals surface area contributed by atoms with Gasteiger partial charge in [-0.25, -0.2) is 9.97 Å². The fraction of sp³-hybridized carbons (Fsp3) is 0.714. The van der Waals surface area contributed by atoms with Crippen LogP contribution in [-0.4, -0.2) is 35.3 Å². The summed E-state index contributed by atoms with van der Waals surface area (Å²) in [6, 6.07) is 2.03. The first kappa shape index (κ1) is 14.9. The normalized spacial score (nSPS) is 11.0. The van der Waals surface area contributed by atoms with Gasteiger partial charge < -0.3 is 10.0 Å². The average Bonchev–Trinajstić information content (AvgIpc) is 2.33. The van der Waals surface area contributed by atoms with Crippen LogP contribution < -0.4 is 4.90 Å². The highest BCUT2D eigenvalue weighted by Gasteiger charge is 2.09. The summed E-state index contributed by atoms with van der Waals surface area (Å²) in [6.45, 7) is 7.48. The third-order valence-electron chi connectivity index (χ3n) is 2.92. The van der Waals surface area contributed by atoms with Crippen molar-refractivity contribution in [1.29, 1.82) is 0 Å². The molecule has 0 unspecified atom stereocenters. The second-order valence-electron chi connectivity index (χ2n) is 5.09. The van der Waals surface area contributed by atoms with Gasteiger partial charge in [-0.05, 0) is 26.2 Å². The molecule has 1 aromatic rings. The van der Waals surface area contributed by atoms with Gasteiger partial charge in [0.1, 0.15) is 11.6 Å². The first-order valence-corrected chi connectivity index (χ1v) is 6.72. The van der Waals surface area contributed by atoms with Crippen molar-refractivity contribution in [1.82, 2.24) is 9.97 Å². The highest BCUT2D eigenvalue weighted by molar-refractivity contribution is 5.38. The van der Waals surface area contributed by atoms with Gasteiger partial charge in [-0.1, -0.05) is 13.8 Å². The number of unbranched alkanes of at least 4 members (excludes halogenated alkanes) is 2. The highest BCUT2D eigenvalue weighted by atomic mass is 16.2. The second kappa shape index (κ2) is 7.31. The van der Waals surface area contributed by atoms with Crippen LogP contribution in [0.3, 0.4) is 0 Å². The molecular weight excluding hydrogens is 226 g/mol. The maximum atomic E-state index is 8.75. The molecule has 0 spiro atoms. The summed E-state index contributed by atoms with van der Waals surface area (Å²) >= 11 is 0. The van der Waals surface area contributed by atoms with Crippen molar-refractivity contribution in [3.8, 4) is 0 Å². The largest absolute Gasteiger partial charge is 0.396 e. The Kier molecular flexibility index (Phi) is 6.05. The molecule has 1 N–H and O–H groups in total. The number of hydrogen-bond acceptors (Lipinski definition) is 4. The first-order valence-electron chi connectivity index (χ1n) is 6.72. The molecule has 0 aliphatic carbocycles. The fourth-order valence-electron chi connectivity index (χ4n) is 1.78. The molecule has 0 fully saturated rings. The van der Waals surface area contributed by atoms with Crippen LogP contribution >= 0.6 is 0 Å². The quantitative estimate of drug-likeness (QED) is 0.756. The molecule has 0 aliphatic rings. The number of anilines is 1. The van der Waals surface area contributed by atoms with Crippen LogP contribution in [0, 0.1) is 6.92 Å². The van der Waals surface area contributed by atoms with E-state index in [-0.39, 0.29) is 6.61 Å². The summed E-state index contributed by atoms with van der Waals surface area (Å²) in [7, 11) is 2.06. The Morgan fingerprint density at radius 2 is 1.94 bits per heavy atom. The van der Waals surface area contributed by atoms with Crippen LogP contribution in [0.5, 0.6) is 0 Å². The van der Waals surface area contributed by atoms with Crippen LogP contribution in [0.1, 0.15) is 50.5 Å². The van der Waals surface area contributed by atoms with E-state index in [0.717, 1.165) is 43.1 Å². The third kappa shape index (κ3) is 4.61. The number of aliphatic hydroxyl groups is 1. The number of aromatic nitrogens is 2. The summed E-state index contributed by atoms with van der Waals surface area (Å²) in [5.74, 6) is 2.26. The minimum atomic E-state index is 0.286. The molecule has 1 heterocycles. The van der Waals surface area contributed by atoms with Crippen molar-refractivity contribution in [3.05, 3.63) is 17.6 Å². The van der Waals surface area contributed by atoms with Gasteiger partial charge in [0.2, 0.25) is 0 Å². The Morgan fingerprint density at radius 3 is 2.56 bits per heavy atom. The van der Waals surface area contributed by atoms with Crippen molar-refractivity contribution in [2.75, 3.05) is 25.1 Å². The van der Waals surface area contributed by atoms with Gasteiger partial charge >= 0.3 is 0 Å². The summed E-state index contributed by atoms with van der Waals surface area (Å²) in [5.41, 5.74) is 1.02. The van der Waals surface area contributed by atoms with E-state index >= 15 is 0 Å². The monoisotopic (exact) mass is 251 g/mol. The number of rotatable bonds is 7. The van der Waals surface area contributed by atoms with Crippen molar-refractivity contribution in [3.63, 3.8) is 0 Å². The molecule has 0 aromatic carbocycles. The van der Waals surface area contributed by atoms with Crippen molar-refractivity contribution < 1.29 is 5.11 Å². The van der Waals surface area contributed by atoms with Gasteiger partial charge in [-0.15, -0.1) is 0 Å². The maximum absolute atomic E-state index is 8.75. The van der Waals surface area contributed by atoms with E-state index in [4.69, 9.17) is 5.11 Å². The SMILES string of the molecule is Cc1cc(N(C)CCCCCO)nc(C(C)C)n1. The molecule has 0 bridgehead atoms. The molecule has 0 radical (unpaired) electrons. The second-order valence-corrected chi connectivity index (χ2v) is 5.09. The van der Waals surface area contributed by atoms with Crippen LogP contribution in [-0.2, 0) is 0 Å². The Labute approximate surface area is 110 Å². The van der Waals surface area contributed by atoms with Gasteiger partial charge in [-0.2, -0.15) is 0 Å². The van der Waals surface area contributed by atoms with Crippen molar-refractivity contribution in [2.45, 2.75) is 46.0 Å². The zero-order valence-electron chi connectivity index (χ0n) is 12.0. The van der Waals surface area contributed by atoms with Crippen LogP contribution in [0.25, 0.3) is 0 Å². The van der Waals surface area contributed by atoms with E-state index in [1.807, 2.05) is 13.0 Å². The van der Waals surface area contributed by atoms with Gasteiger partial charge in [0.15, 0.2) is 0 Å². The maximum Gasteiger partial charge on any atom is 0.133 e. The molecule has 0 saturated heterocycles. The molecular formula is C14H25N3O. The fourth-order valence-corrected chi connectivity index (χ4v) is 1.78. The lowest BCUT2D eigenvalue weighted by atomic mass is 10.2. The molecule has 1 rings (SSSR count). The summed E-state index contributed by atoms with van der Waals surface area (Å²) in [6.07, 6.45) is 3.02. The molecule has 102 valence electrons. The van der Waals surface area contributed by atoms with Crippen molar-refractivity contribution >= 4 is 5.82 Å². The molecule has 1 aromatic heterocycles. The van der Waals surface area contributed by atoms with E-state index < -0.39 is 0 Å². The minimum Gasteiger partial charge on any atom is -0.396 e. The molecule has 4 nitrogen and oxygen atoms in total. The van der Waals surface area contributed by atoms with Crippen LogP contribution in [0.2, 0.25) is 0 Å². The van der Waals surface area contributed by atoms with Crippen molar-refractivity contribution in [2.24, 2.45) is 0 Å². The molecule has 4 heteroatoms. The first-order chi connectivity index (χ1) is 8.54. The zero-order valence-corrected chi connectivity index (χ0v) is 12.0. The predicted octanol–water partition coefficient (Wildman–Crippen LogP) is 2.51. The lowest BCUT2D eigenvalue weighted by molar-refractivity contribution is 0.283. The standard InChI is InChI=1S/C14H25N3O/c1-11(2)14-15-12(3)10-13(16-14)17(4)8-6-5-7-9-18/h10-11,18H,5-9H2,1-4H3. The van der Waals surface area contributed by atoms with E-state index in [2.05, 4.69) is 35.8 Å². The molecule has 18 heavy (non-hydrogen) atoms. The van der Waals surface area contributed by atoms with Crippen LogP contribution in [0.15, 0.2) is 6.07 Å². The molecule has 0 saturated carbocycles. The highest BCUT2D eigenvalue weighted by Crippen LogP contribution is 2.16. The average molecular weight is 251 g/mol. The molecule has 0 aliphatic heterocycles. The Balaban J connectivity index is 2.64. The van der Waals surface area contributed by atoms with E-state index in [1.165, 1.54) is 0 Å². The molecule has 0 amide bonds. The molecule has 0 atom stereocenters. The van der Waals surface area contributed by atoms with E-state index in [1.54, 1.807) is 0 Å². The Morgan fingerprint density at radius 1 is 1.22 bits per heavy atom. The summed E-state index contributed by atoms with van der Waals surface area (Å²) in [4.78, 5) is 11.2. The third-order valence-corrected chi connectivity index (χ3v) is 2.92. The predicted molar refractivity (Wildman–Crippen MR) is 75.1 cm³/mol. The van der Waals surface area contributed by atoms with Gasteiger partial charge in [0, 0.05) is 37.9 Å². The Bertz CT molecular complexity index is 366. The summed E-state index contributed by atoms with van der Waals surface area (Å²) < 4.78 is 0. The van der Waals surface area contributed by atoms with Gasteiger partial charge in [0.05, 0.1) is 0 Å². The number of aryl methyl sites for hydroxylation is 1. The Hall–Kier alpha value is -1.16. The minimum absolute atomic E-state index is 0.286.